The fourth-order valence-electron chi connectivity index (χ4n) is 3.69. The minimum atomic E-state index is -0.713. The molecule has 0 radical (unpaired) electrons. The second-order valence-corrected chi connectivity index (χ2v) is 10.6. The van der Waals surface area contributed by atoms with Crippen LogP contribution in [0.2, 0.25) is 15.1 Å². The van der Waals surface area contributed by atoms with E-state index in [1.807, 2.05) is 61.5 Å². The number of thioether (sulfide) groups is 1. The number of halogens is 3. The van der Waals surface area contributed by atoms with Crippen molar-refractivity contribution in [2.24, 2.45) is 0 Å². The summed E-state index contributed by atoms with van der Waals surface area (Å²) in [5.74, 6) is 0.504. The quantitative estimate of drug-likeness (QED) is 0.257. The van der Waals surface area contributed by atoms with E-state index < -0.39 is 6.04 Å². The molecule has 0 spiro atoms. The number of benzene rings is 3. The molecule has 3 rings (SSSR count). The van der Waals surface area contributed by atoms with Gasteiger partial charge < -0.3 is 10.2 Å². The third-order valence-corrected chi connectivity index (χ3v) is 7.57. The Morgan fingerprint density at radius 2 is 1.56 bits per heavy atom. The van der Waals surface area contributed by atoms with Crippen molar-refractivity contribution in [3.63, 3.8) is 0 Å². The summed E-state index contributed by atoms with van der Waals surface area (Å²) < 4.78 is 0. The van der Waals surface area contributed by atoms with Crippen LogP contribution in [-0.2, 0) is 28.3 Å². The number of hydrogen-bond donors (Lipinski definition) is 1. The van der Waals surface area contributed by atoms with Crippen LogP contribution < -0.4 is 5.32 Å². The maximum Gasteiger partial charge on any atom is 0.243 e. The lowest BCUT2D eigenvalue weighted by Gasteiger charge is -2.32. The van der Waals surface area contributed by atoms with Crippen LogP contribution in [0.25, 0.3) is 0 Å². The van der Waals surface area contributed by atoms with Crippen molar-refractivity contribution in [1.29, 1.82) is 0 Å². The Labute approximate surface area is 232 Å². The summed E-state index contributed by atoms with van der Waals surface area (Å²) in [5, 5.41) is 4.56. The average molecular weight is 564 g/mol. The van der Waals surface area contributed by atoms with Gasteiger partial charge in [0.25, 0.3) is 0 Å². The highest BCUT2D eigenvalue weighted by molar-refractivity contribution is 7.99. The Morgan fingerprint density at radius 1 is 0.889 bits per heavy atom. The van der Waals surface area contributed by atoms with Crippen LogP contribution in [0.15, 0.2) is 72.8 Å². The average Bonchev–Trinajstić information content (AvgIpc) is 2.88. The van der Waals surface area contributed by atoms with E-state index >= 15 is 0 Å². The summed E-state index contributed by atoms with van der Waals surface area (Å²) in [7, 11) is 0. The first kappa shape index (κ1) is 28.4. The first-order valence-electron chi connectivity index (χ1n) is 11.7. The molecule has 0 heterocycles. The van der Waals surface area contributed by atoms with Crippen molar-refractivity contribution in [3.8, 4) is 0 Å². The Morgan fingerprint density at radius 3 is 2.19 bits per heavy atom. The summed E-state index contributed by atoms with van der Waals surface area (Å²) in [6.07, 6.45) is 1.18. The van der Waals surface area contributed by atoms with Crippen LogP contribution in [0.3, 0.4) is 0 Å². The number of nitrogens with one attached hydrogen (secondary N) is 1. The Bertz CT molecular complexity index is 1120. The minimum Gasteiger partial charge on any atom is -0.354 e. The van der Waals surface area contributed by atoms with Crippen molar-refractivity contribution in [3.05, 3.63) is 105 Å². The standard InChI is InChI=1S/C28H29Cl3N2O2S/c1-2-15-32-28(35)26(16-20-7-4-3-5-8-20)33(17-23-24(30)9-6-10-25(23)31)27(34)19-36-18-21-11-13-22(29)14-12-21/h3-14,26H,2,15-19H2,1H3,(H,32,35)/t26-/m1/s1. The zero-order chi connectivity index (χ0) is 25.9. The maximum absolute atomic E-state index is 13.6. The van der Waals surface area contributed by atoms with Crippen LogP contribution in [0, 0.1) is 0 Å². The number of carbonyl (C=O) groups is 2. The van der Waals surface area contributed by atoms with Gasteiger partial charge in [-0.2, -0.15) is 0 Å². The zero-order valence-corrected chi connectivity index (χ0v) is 23.1. The predicted molar refractivity (Wildman–Crippen MR) is 152 cm³/mol. The van der Waals surface area contributed by atoms with Gasteiger partial charge in [0.05, 0.1) is 5.75 Å². The topological polar surface area (TPSA) is 49.4 Å². The van der Waals surface area contributed by atoms with Gasteiger partial charge >= 0.3 is 0 Å². The van der Waals surface area contributed by atoms with Gasteiger partial charge in [0.15, 0.2) is 0 Å². The fourth-order valence-corrected chi connectivity index (χ4v) is 5.21. The van der Waals surface area contributed by atoms with Crippen molar-refractivity contribution in [2.75, 3.05) is 12.3 Å². The molecule has 1 atom stereocenters. The number of amides is 2. The monoisotopic (exact) mass is 562 g/mol. The second kappa shape index (κ2) is 14.5. The lowest BCUT2D eigenvalue weighted by atomic mass is 10.0. The molecular weight excluding hydrogens is 535 g/mol. The molecule has 0 unspecified atom stereocenters. The SMILES string of the molecule is CCCNC(=O)[C@@H](Cc1ccccc1)N(Cc1c(Cl)cccc1Cl)C(=O)CSCc1ccc(Cl)cc1. The number of carbonyl (C=O) groups excluding carboxylic acids is 2. The van der Waals surface area contributed by atoms with Crippen LogP contribution >= 0.6 is 46.6 Å². The molecule has 0 aromatic heterocycles. The maximum atomic E-state index is 13.6. The third kappa shape index (κ3) is 8.45. The first-order valence-corrected chi connectivity index (χ1v) is 14.0. The Balaban J connectivity index is 1.87. The molecular formula is C28H29Cl3N2O2S. The third-order valence-electron chi connectivity index (χ3n) is 5.62. The van der Waals surface area contributed by atoms with Gasteiger partial charge in [0, 0.05) is 45.9 Å². The summed E-state index contributed by atoms with van der Waals surface area (Å²) in [4.78, 5) is 28.6. The van der Waals surface area contributed by atoms with Crippen molar-refractivity contribution in [2.45, 2.75) is 38.1 Å². The van der Waals surface area contributed by atoms with Gasteiger partial charge in [-0.1, -0.05) is 90.3 Å². The molecule has 0 aliphatic carbocycles. The van der Waals surface area contributed by atoms with E-state index in [2.05, 4.69) is 5.32 Å². The highest BCUT2D eigenvalue weighted by Crippen LogP contribution is 2.28. The molecule has 36 heavy (non-hydrogen) atoms. The molecule has 1 N–H and O–H groups in total. The molecule has 0 bridgehead atoms. The summed E-state index contributed by atoms with van der Waals surface area (Å²) >= 11 is 20.4. The largest absolute Gasteiger partial charge is 0.354 e. The van der Waals surface area contributed by atoms with E-state index in [0.29, 0.717) is 39.3 Å². The van der Waals surface area contributed by atoms with Crippen LogP contribution in [-0.4, -0.2) is 35.1 Å². The minimum absolute atomic E-state index is 0.135. The Kier molecular flexibility index (Phi) is 11.5. The molecule has 2 amide bonds. The number of hydrogen-bond acceptors (Lipinski definition) is 3. The fraction of sp³-hybridized carbons (Fsp3) is 0.286. The van der Waals surface area contributed by atoms with E-state index in [4.69, 9.17) is 34.8 Å². The van der Waals surface area contributed by atoms with Gasteiger partial charge in [0.2, 0.25) is 11.8 Å². The Hall–Kier alpha value is -2.18. The molecule has 3 aromatic rings. The van der Waals surface area contributed by atoms with E-state index in [-0.39, 0.29) is 24.1 Å². The first-order chi connectivity index (χ1) is 17.4. The lowest BCUT2D eigenvalue weighted by Crippen LogP contribution is -2.51. The van der Waals surface area contributed by atoms with Crippen molar-refractivity contribution in [1.82, 2.24) is 10.2 Å². The highest BCUT2D eigenvalue weighted by atomic mass is 35.5. The van der Waals surface area contributed by atoms with Gasteiger partial charge in [-0.3, -0.25) is 9.59 Å². The molecule has 8 heteroatoms. The van der Waals surface area contributed by atoms with E-state index in [0.717, 1.165) is 17.5 Å². The smallest absolute Gasteiger partial charge is 0.243 e. The molecule has 0 aliphatic heterocycles. The van der Waals surface area contributed by atoms with E-state index in [1.165, 1.54) is 11.8 Å². The summed E-state index contributed by atoms with van der Waals surface area (Å²) in [6, 6.07) is 21.8. The van der Waals surface area contributed by atoms with Crippen LogP contribution in [0.4, 0.5) is 0 Å². The molecule has 0 saturated heterocycles. The van der Waals surface area contributed by atoms with Gasteiger partial charge in [-0.15, -0.1) is 11.8 Å². The normalized spacial score (nSPS) is 11.7. The molecule has 4 nitrogen and oxygen atoms in total. The zero-order valence-electron chi connectivity index (χ0n) is 20.1. The molecule has 0 aliphatic rings. The summed E-state index contributed by atoms with van der Waals surface area (Å²) in [6.45, 7) is 2.66. The van der Waals surface area contributed by atoms with Gasteiger partial charge in [-0.25, -0.2) is 0 Å². The molecule has 0 fully saturated rings. The van der Waals surface area contributed by atoms with Gasteiger partial charge in [-0.05, 0) is 41.8 Å². The highest BCUT2D eigenvalue weighted by Gasteiger charge is 2.31. The van der Waals surface area contributed by atoms with Crippen LogP contribution in [0.1, 0.15) is 30.0 Å². The predicted octanol–water partition coefficient (Wildman–Crippen LogP) is 7.05. The van der Waals surface area contributed by atoms with Crippen molar-refractivity contribution >= 4 is 58.4 Å². The second-order valence-electron chi connectivity index (χ2n) is 8.34. The van der Waals surface area contributed by atoms with Crippen LogP contribution in [0.5, 0.6) is 0 Å². The summed E-state index contributed by atoms with van der Waals surface area (Å²) in [5.41, 5.74) is 2.66. The molecule has 0 saturated carbocycles. The van der Waals surface area contributed by atoms with E-state index in [9.17, 15) is 9.59 Å². The number of nitrogens with zero attached hydrogens (tertiary/aromatic N) is 1. The number of rotatable bonds is 12. The van der Waals surface area contributed by atoms with E-state index in [1.54, 1.807) is 23.1 Å². The molecule has 3 aromatic carbocycles. The van der Waals surface area contributed by atoms with Gasteiger partial charge in [0.1, 0.15) is 6.04 Å². The lowest BCUT2D eigenvalue weighted by molar-refractivity contribution is -0.139. The van der Waals surface area contributed by atoms with Crippen molar-refractivity contribution < 1.29 is 9.59 Å². The molecule has 190 valence electrons.